The molecule has 0 radical (unpaired) electrons. The molecule has 0 heterocycles. The fourth-order valence-electron chi connectivity index (χ4n) is 2.69. The summed E-state index contributed by atoms with van der Waals surface area (Å²) >= 11 is 0. The van der Waals surface area contributed by atoms with Crippen molar-refractivity contribution in [2.75, 3.05) is 0 Å². The van der Waals surface area contributed by atoms with Gasteiger partial charge in [0.2, 0.25) is 0 Å². The molecule has 0 amide bonds. The van der Waals surface area contributed by atoms with Crippen LogP contribution < -0.4 is 0 Å². The van der Waals surface area contributed by atoms with Crippen LogP contribution in [-0.4, -0.2) is 10.7 Å². The fourth-order valence-corrected chi connectivity index (χ4v) is 2.69. The van der Waals surface area contributed by atoms with Crippen molar-refractivity contribution in [3.8, 4) is 0 Å². The van der Waals surface area contributed by atoms with Crippen LogP contribution in [-0.2, 0) is 0 Å². The standard InChI is InChI=1S/C12H22O/c1-11(2)5-3-10(9-11)4-6-12(13)7-8-12/h10,13H,3-9H2,1-2H3. The van der Waals surface area contributed by atoms with Crippen molar-refractivity contribution in [2.24, 2.45) is 11.3 Å². The summed E-state index contributed by atoms with van der Waals surface area (Å²) in [7, 11) is 0. The van der Waals surface area contributed by atoms with Crippen molar-refractivity contribution in [3.05, 3.63) is 0 Å². The van der Waals surface area contributed by atoms with E-state index in [9.17, 15) is 5.11 Å². The van der Waals surface area contributed by atoms with Gasteiger partial charge in [0, 0.05) is 0 Å². The maximum atomic E-state index is 9.72. The summed E-state index contributed by atoms with van der Waals surface area (Å²) in [5, 5.41) is 9.72. The maximum Gasteiger partial charge on any atom is 0.0650 e. The normalized spacial score (nSPS) is 34.8. The molecule has 0 aromatic heterocycles. The van der Waals surface area contributed by atoms with Crippen LogP contribution in [0.3, 0.4) is 0 Å². The van der Waals surface area contributed by atoms with Crippen molar-refractivity contribution in [3.63, 3.8) is 0 Å². The van der Waals surface area contributed by atoms with Gasteiger partial charge in [0.1, 0.15) is 0 Å². The zero-order chi connectivity index (χ0) is 9.53. The summed E-state index contributed by atoms with van der Waals surface area (Å²) in [4.78, 5) is 0. The zero-order valence-electron chi connectivity index (χ0n) is 8.97. The van der Waals surface area contributed by atoms with E-state index >= 15 is 0 Å². The molecule has 2 aliphatic rings. The molecule has 13 heavy (non-hydrogen) atoms. The number of hydrogen-bond acceptors (Lipinski definition) is 1. The van der Waals surface area contributed by atoms with Crippen molar-refractivity contribution in [2.45, 2.75) is 64.4 Å². The molecule has 1 heteroatoms. The van der Waals surface area contributed by atoms with E-state index in [0.717, 1.165) is 25.2 Å². The topological polar surface area (TPSA) is 20.2 Å². The Morgan fingerprint density at radius 2 is 1.92 bits per heavy atom. The Morgan fingerprint density at radius 3 is 2.38 bits per heavy atom. The minimum atomic E-state index is -0.216. The Bertz CT molecular complexity index is 191. The van der Waals surface area contributed by atoms with Crippen LogP contribution in [0.5, 0.6) is 0 Å². The van der Waals surface area contributed by atoms with Gasteiger partial charge in [-0.05, 0) is 56.3 Å². The Morgan fingerprint density at radius 1 is 1.23 bits per heavy atom. The summed E-state index contributed by atoms with van der Waals surface area (Å²) in [5.74, 6) is 0.902. The van der Waals surface area contributed by atoms with Gasteiger partial charge in [-0.25, -0.2) is 0 Å². The second kappa shape index (κ2) is 2.98. The van der Waals surface area contributed by atoms with E-state index in [2.05, 4.69) is 13.8 Å². The molecule has 0 aliphatic heterocycles. The molecule has 2 saturated carbocycles. The highest BCUT2D eigenvalue weighted by Gasteiger charge is 2.41. The van der Waals surface area contributed by atoms with Crippen LogP contribution in [0, 0.1) is 11.3 Å². The Balaban J connectivity index is 1.72. The average Bonchev–Trinajstić information content (AvgIpc) is 2.65. The van der Waals surface area contributed by atoms with E-state index in [0.29, 0.717) is 5.41 Å². The summed E-state index contributed by atoms with van der Waals surface area (Å²) in [5.41, 5.74) is 0.365. The summed E-state index contributed by atoms with van der Waals surface area (Å²) in [6.45, 7) is 4.75. The smallest absolute Gasteiger partial charge is 0.0650 e. The summed E-state index contributed by atoms with van der Waals surface area (Å²) in [6, 6.07) is 0. The highest BCUT2D eigenvalue weighted by atomic mass is 16.3. The highest BCUT2D eigenvalue weighted by Crippen LogP contribution is 2.46. The molecule has 1 atom stereocenters. The second-order valence-electron chi connectivity index (χ2n) is 6.04. The largest absolute Gasteiger partial charge is 0.390 e. The lowest BCUT2D eigenvalue weighted by atomic mass is 9.89. The molecule has 0 bridgehead atoms. The van der Waals surface area contributed by atoms with Gasteiger partial charge < -0.3 is 5.11 Å². The third-order valence-corrected chi connectivity index (χ3v) is 3.92. The fraction of sp³-hybridized carbons (Fsp3) is 1.00. The van der Waals surface area contributed by atoms with Gasteiger partial charge in [-0.15, -0.1) is 0 Å². The van der Waals surface area contributed by atoms with E-state index in [4.69, 9.17) is 0 Å². The van der Waals surface area contributed by atoms with Gasteiger partial charge in [0.05, 0.1) is 5.60 Å². The minimum Gasteiger partial charge on any atom is -0.390 e. The monoisotopic (exact) mass is 182 g/mol. The minimum absolute atomic E-state index is 0.216. The lowest BCUT2D eigenvalue weighted by Gasteiger charge is -2.17. The van der Waals surface area contributed by atoms with Crippen LogP contribution in [0.4, 0.5) is 0 Å². The van der Waals surface area contributed by atoms with Gasteiger partial charge in [-0.1, -0.05) is 13.8 Å². The quantitative estimate of drug-likeness (QED) is 0.711. The second-order valence-corrected chi connectivity index (χ2v) is 6.04. The number of rotatable bonds is 3. The molecule has 1 N–H and O–H groups in total. The van der Waals surface area contributed by atoms with Gasteiger partial charge in [-0.3, -0.25) is 0 Å². The van der Waals surface area contributed by atoms with E-state index in [-0.39, 0.29) is 5.60 Å². The average molecular weight is 182 g/mol. The lowest BCUT2D eigenvalue weighted by Crippen LogP contribution is -2.10. The first-order valence-corrected chi connectivity index (χ1v) is 5.72. The molecule has 76 valence electrons. The summed E-state index contributed by atoms with van der Waals surface area (Å²) < 4.78 is 0. The Labute approximate surface area is 81.5 Å². The molecular formula is C12H22O. The van der Waals surface area contributed by atoms with E-state index < -0.39 is 0 Å². The van der Waals surface area contributed by atoms with Crippen molar-refractivity contribution in [1.29, 1.82) is 0 Å². The first kappa shape index (κ1) is 9.51. The third kappa shape index (κ3) is 2.46. The third-order valence-electron chi connectivity index (χ3n) is 3.92. The van der Waals surface area contributed by atoms with Crippen molar-refractivity contribution < 1.29 is 5.11 Å². The van der Waals surface area contributed by atoms with Crippen LogP contribution in [0.1, 0.15) is 58.8 Å². The Kier molecular flexibility index (Phi) is 2.18. The lowest BCUT2D eigenvalue weighted by molar-refractivity contribution is 0.129. The van der Waals surface area contributed by atoms with E-state index in [1.807, 2.05) is 0 Å². The predicted molar refractivity (Wildman–Crippen MR) is 54.5 cm³/mol. The molecule has 0 saturated heterocycles. The molecule has 2 rings (SSSR count). The molecule has 1 nitrogen and oxygen atoms in total. The van der Waals surface area contributed by atoms with Crippen molar-refractivity contribution >= 4 is 0 Å². The molecule has 0 aromatic rings. The van der Waals surface area contributed by atoms with Gasteiger partial charge >= 0.3 is 0 Å². The van der Waals surface area contributed by atoms with E-state index in [1.165, 1.54) is 25.7 Å². The first-order chi connectivity index (χ1) is 5.99. The summed E-state index contributed by atoms with van der Waals surface area (Å²) in [6.07, 6.45) is 8.60. The molecular weight excluding hydrogens is 160 g/mol. The maximum absolute atomic E-state index is 9.72. The van der Waals surface area contributed by atoms with Crippen LogP contribution >= 0.6 is 0 Å². The highest BCUT2D eigenvalue weighted by molar-refractivity contribution is 4.94. The zero-order valence-corrected chi connectivity index (χ0v) is 8.97. The van der Waals surface area contributed by atoms with Gasteiger partial charge in [-0.2, -0.15) is 0 Å². The molecule has 1 unspecified atom stereocenters. The molecule has 0 spiro atoms. The molecule has 0 aromatic carbocycles. The predicted octanol–water partition coefficient (Wildman–Crippen LogP) is 3.12. The van der Waals surface area contributed by atoms with Crippen LogP contribution in [0.2, 0.25) is 0 Å². The van der Waals surface area contributed by atoms with E-state index in [1.54, 1.807) is 0 Å². The molecule has 2 fully saturated rings. The van der Waals surface area contributed by atoms with Crippen molar-refractivity contribution in [1.82, 2.24) is 0 Å². The van der Waals surface area contributed by atoms with Crippen LogP contribution in [0.25, 0.3) is 0 Å². The first-order valence-electron chi connectivity index (χ1n) is 5.72. The number of hydrogen-bond donors (Lipinski definition) is 1. The van der Waals surface area contributed by atoms with Gasteiger partial charge in [0.15, 0.2) is 0 Å². The molecule has 2 aliphatic carbocycles. The SMILES string of the molecule is CC1(C)CCC(CCC2(O)CC2)C1. The Hall–Kier alpha value is -0.0400. The van der Waals surface area contributed by atoms with Gasteiger partial charge in [0.25, 0.3) is 0 Å². The van der Waals surface area contributed by atoms with Crippen LogP contribution in [0.15, 0.2) is 0 Å². The number of aliphatic hydroxyl groups is 1.